The lowest BCUT2D eigenvalue weighted by molar-refractivity contribution is 0.192. The third-order valence-corrected chi connectivity index (χ3v) is 2.25. The smallest absolute Gasteiger partial charge is 0.179 e. The minimum Gasteiger partial charge on any atom is -0.308 e. The van der Waals surface area contributed by atoms with Crippen molar-refractivity contribution >= 4 is 0 Å². The molecule has 1 saturated heterocycles. The Hall–Kier alpha value is -0.710. The Morgan fingerprint density at radius 2 is 2.10 bits per heavy atom. The molecule has 2 nitrogen and oxygen atoms in total. The van der Waals surface area contributed by atoms with Gasteiger partial charge in [0.15, 0.2) is 6.19 Å². The van der Waals surface area contributed by atoms with Crippen molar-refractivity contribution in [2.45, 2.75) is 32.7 Å². The van der Waals surface area contributed by atoms with Crippen molar-refractivity contribution in [3.05, 3.63) is 0 Å². The number of nitriles is 1. The predicted molar refractivity (Wildman–Crippen MR) is 40.2 cm³/mol. The van der Waals surface area contributed by atoms with Gasteiger partial charge in [0.25, 0.3) is 0 Å². The molecule has 0 radical (unpaired) electrons. The van der Waals surface area contributed by atoms with E-state index in [2.05, 4.69) is 20.0 Å². The first kappa shape index (κ1) is 7.40. The standard InChI is InChI=1S/C8H14N2/c1-7-3-4-8(2)10(5-7)6-9/h7-8H,3-5H2,1-2H3. The van der Waals surface area contributed by atoms with E-state index in [0.717, 1.165) is 6.54 Å². The zero-order chi connectivity index (χ0) is 7.56. The van der Waals surface area contributed by atoms with Crippen LogP contribution in [0.25, 0.3) is 0 Å². The molecular formula is C8H14N2. The van der Waals surface area contributed by atoms with Crippen molar-refractivity contribution in [1.82, 2.24) is 4.90 Å². The van der Waals surface area contributed by atoms with Gasteiger partial charge in [0.2, 0.25) is 0 Å². The zero-order valence-corrected chi connectivity index (χ0v) is 6.67. The number of nitrogens with zero attached hydrogens (tertiary/aromatic N) is 2. The largest absolute Gasteiger partial charge is 0.308 e. The molecule has 1 rings (SSSR count). The van der Waals surface area contributed by atoms with Gasteiger partial charge in [-0.1, -0.05) is 6.92 Å². The summed E-state index contributed by atoms with van der Waals surface area (Å²) in [5.74, 6) is 0.704. The molecular weight excluding hydrogens is 124 g/mol. The number of rotatable bonds is 0. The van der Waals surface area contributed by atoms with E-state index < -0.39 is 0 Å². The van der Waals surface area contributed by atoms with Crippen LogP contribution in [0.1, 0.15) is 26.7 Å². The SMILES string of the molecule is CC1CCC(C)N(C#N)C1. The molecule has 1 aliphatic heterocycles. The molecule has 10 heavy (non-hydrogen) atoms. The maximum atomic E-state index is 8.66. The second-order valence-electron chi connectivity index (χ2n) is 3.28. The molecule has 1 heterocycles. The van der Waals surface area contributed by atoms with E-state index in [-0.39, 0.29) is 0 Å². The van der Waals surface area contributed by atoms with Gasteiger partial charge in [-0.05, 0) is 25.7 Å². The molecule has 0 aromatic carbocycles. The van der Waals surface area contributed by atoms with Crippen LogP contribution in [0.4, 0.5) is 0 Å². The quantitative estimate of drug-likeness (QED) is 0.475. The van der Waals surface area contributed by atoms with Crippen LogP contribution in [0.3, 0.4) is 0 Å². The fourth-order valence-corrected chi connectivity index (χ4v) is 1.43. The van der Waals surface area contributed by atoms with Crippen LogP contribution >= 0.6 is 0 Å². The van der Waals surface area contributed by atoms with Gasteiger partial charge < -0.3 is 4.90 Å². The van der Waals surface area contributed by atoms with E-state index in [9.17, 15) is 0 Å². The first-order valence-electron chi connectivity index (χ1n) is 3.90. The highest BCUT2D eigenvalue weighted by molar-refractivity contribution is 4.85. The summed E-state index contributed by atoms with van der Waals surface area (Å²) in [6, 6.07) is 0.473. The molecule has 0 aromatic heterocycles. The lowest BCUT2D eigenvalue weighted by Crippen LogP contribution is -2.37. The van der Waals surface area contributed by atoms with Gasteiger partial charge >= 0.3 is 0 Å². The van der Waals surface area contributed by atoms with E-state index in [1.165, 1.54) is 12.8 Å². The summed E-state index contributed by atoms with van der Waals surface area (Å²) in [6.45, 7) is 5.28. The second-order valence-corrected chi connectivity index (χ2v) is 3.28. The fraction of sp³-hybridized carbons (Fsp3) is 0.875. The van der Waals surface area contributed by atoms with Gasteiger partial charge in [0.05, 0.1) is 0 Å². The minimum absolute atomic E-state index is 0.473. The molecule has 2 atom stereocenters. The molecule has 0 bridgehead atoms. The van der Waals surface area contributed by atoms with Gasteiger partial charge in [-0.3, -0.25) is 0 Å². The van der Waals surface area contributed by atoms with Crippen molar-refractivity contribution in [2.75, 3.05) is 6.54 Å². The summed E-state index contributed by atoms with van der Waals surface area (Å²) >= 11 is 0. The van der Waals surface area contributed by atoms with E-state index in [1.54, 1.807) is 0 Å². The predicted octanol–water partition coefficient (Wildman–Crippen LogP) is 1.59. The van der Waals surface area contributed by atoms with E-state index >= 15 is 0 Å². The normalized spacial score (nSPS) is 33.5. The van der Waals surface area contributed by atoms with Gasteiger partial charge in [0, 0.05) is 12.6 Å². The highest BCUT2D eigenvalue weighted by Crippen LogP contribution is 2.19. The molecule has 0 saturated carbocycles. The summed E-state index contributed by atoms with van der Waals surface area (Å²) in [5.41, 5.74) is 0. The lowest BCUT2D eigenvalue weighted by atomic mass is 9.96. The van der Waals surface area contributed by atoms with E-state index in [4.69, 9.17) is 5.26 Å². The van der Waals surface area contributed by atoms with Crippen LogP contribution in [-0.4, -0.2) is 17.5 Å². The van der Waals surface area contributed by atoms with Crippen molar-refractivity contribution in [1.29, 1.82) is 5.26 Å². The number of likely N-dealkylation sites (tertiary alicyclic amines) is 1. The summed E-state index contributed by atoms with van der Waals surface area (Å²) in [4.78, 5) is 1.88. The van der Waals surface area contributed by atoms with Crippen LogP contribution in [0.15, 0.2) is 0 Å². The first-order valence-corrected chi connectivity index (χ1v) is 3.90. The molecule has 0 aromatic rings. The summed E-state index contributed by atoms with van der Waals surface area (Å²) in [5, 5.41) is 8.66. The minimum atomic E-state index is 0.473. The second kappa shape index (κ2) is 2.92. The Kier molecular flexibility index (Phi) is 2.16. The molecule has 0 amide bonds. The molecule has 1 aliphatic rings. The molecule has 1 fully saturated rings. The van der Waals surface area contributed by atoms with Crippen LogP contribution in [0.5, 0.6) is 0 Å². The highest BCUT2D eigenvalue weighted by Gasteiger charge is 2.20. The van der Waals surface area contributed by atoms with Gasteiger partial charge in [-0.15, -0.1) is 0 Å². The molecule has 2 heteroatoms. The van der Waals surface area contributed by atoms with Crippen LogP contribution in [-0.2, 0) is 0 Å². The Balaban J connectivity index is 2.47. The summed E-state index contributed by atoms with van der Waals surface area (Å²) < 4.78 is 0. The molecule has 56 valence electrons. The zero-order valence-electron chi connectivity index (χ0n) is 6.67. The van der Waals surface area contributed by atoms with Gasteiger partial charge in [0.1, 0.15) is 0 Å². The Morgan fingerprint density at radius 1 is 1.40 bits per heavy atom. The first-order chi connectivity index (χ1) is 4.74. The summed E-state index contributed by atoms with van der Waals surface area (Å²) in [7, 11) is 0. The molecule has 0 aliphatic carbocycles. The van der Waals surface area contributed by atoms with Crippen LogP contribution in [0, 0.1) is 17.4 Å². The maximum Gasteiger partial charge on any atom is 0.179 e. The Bertz CT molecular complexity index is 148. The molecule has 0 N–H and O–H groups in total. The Morgan fingerprint density at radius 3 is 2.60 bits per heavy atom. The average Bonchev–Trinajstić information content (AvgIpc) is 1.94. The van der Waals surface area contributed by atoms with Gasteiger partial charge in [-0.25, -0.2) is 0 Å². The van der Waals surface area contributed by atoms with Crippen molar-refractivity contribution < 1.29 is 0 Å². The number of hydrogen-bond acceptors (Lipinski definition) is 2. The van der Waals surface area contributed by atoms with Crippen molar-refractivity contribution in [2.24, 2.45) is 5.92 Å². The number of hydrogen-bond donors (Lipinski definition) is 0. The fourth-order valence-electron chi connectivity index (χ4n) is 1.43. The average molecular weight is 138 g/mol. The maximum absolute atomic E-state index is 8.66. The van der Waals surface area contributed by atoms with Crippen molar-refractivity contribution in [3.8, 4) is 6.19 Å². The molecule has 2 unspecified atom stereocenters. The lowest BCUT2D eigenvalue weighted by Gasteiger charge is -2.32. The monoisotopic (exact) mass is 138 g/mol. The van der Waals surface area contributed by atoms with Crippen molar-refractivity contribution in [3.63, 3.8) is 0 Å². The number of piperidine rings is 1. The van der Waals surface area contributed by atoms with E-state index in [1.807, 2.05) is 4.90 Å². The van der Waals surface area contributed by atoms with Crippen LogP contribution in [0.2, 0.25) is 0 Å². The van der Waals surface area contributed by atoms with Crippen LogP contribution < -0.4 is 0 Å². The Labute approximate surface area is 62.4 Å². The third-order valence-electron chi connectivity index (χ3n) is 2.25. The highest BCUT2D eigenvalue weighted by atomic mass is 15.1. The third kappa shape index (κ3) is 1.41. The summed E-state index contributed by atoms with van der Waals surface area (Å²) in [6.07, 6.45) is 4.67. The topological polar surface area (TPSA) is 27.0 Å². The van der Waals surface area contributed by atoms with E-state index in [0.29, 0.717) is 12.0 Å². The molecule has 0 spiro atoms. The van der Waals surface area contributed by atoms with Gasteiger partial charge in [-0.2, -0.15) is 5.26 Å².